The van der Waals surface area contributed by atoms with Crippen LogP contribution >= 0.6 is 0 Å². The number of hydrogen-bond donors (Lipinski definition) is 0. The first-order valence-corrected chi connectivity index (χ1v) is 9.36. The number of hydrogen-bond acceptors (Lipinski definition) is 4. The Hall–Kier alpha value is -2.24. The van der Waals surface area contributed by atoms with Crippen LogP contribution in [0.3, 0.4) is 0 Å². The molecule has 0 radical (unpaired) electrons. The quantitative estimate of drug-likeness (QED) is 0.710. The number of nitrogens with zero attached hydrogens (tertiary/aromatic N) is 5. The number of aromatic nitrogens is 3. The van der Waals surface area contributed by atoms with Gasteiger partial charge < -0.3 is 4.57 Å². The first-order chi connectivity index (χ1) is 12.6. The zero-order chi connectivity index (χ0) is 18.1. The zero-order valence-electron chi connectivity index (χ0n) is 15.9. The molecule has 2 aromatic carbocycles. The van der Waals surface area contributed by atoms with Crippen LogP contribution in [0.15, 0.2) is 42.5 Å². The fourth-order valence-corrected chi connectivity index (χ4v) is 3.93. The summed E-state index contributed by atoms with van der Waals surface area (Å²) in [5.74, 6) is 2.01. The summed E-state index contributed by atoms with van der Waals surface area (Å²) >= 11 is 0. The van der Waals surface area contributed by atoms with E-state index in [0.717, 1.165) is 37.8 Å². The van der Waals surface area contributed by atoms with E-state index in [4.69, 9.17) is 0 Å². The fraction of sp³-hybridized carbons (Fsp3) is 0.429. The number of fused-ring (bicyclic) bond motifs is 1. The van der Waals surface area contributed by atoms with Crippen molar-refractivity contribution in [3.63, 3.8) is 0 Å². The fourth-order valence-electron chi connectivity index (χ4n) is 3.93. The zero-order valence-corrected chi connectivity index (χ0v) is 15.9. The predicted molar refractivity (Wildman–Crippen MR) is 105 cm³/mol. The molecule has 0 amide bonds. The average molecular weight is 349 g/mol. The molecule has 1 saturated heterocycles. The van der Waals surface area contributed by atoms with E-state index in [0.29, 0.717) is 6.04 Å². The lowest BCUT2D eigenvalue weighted by atomic mass is 10.0. The normalized spacial score (nSPS) is 18.2. The smallest absolute Gasteiger partial charge is 0.146 e. The van der Waals surface area contributed by atoms with E-state index in [1.54, 1.807) is 0 Å². The van der Waals surface area contributed by atoms with Crippen molar-refractivity contribution < 1.29 is 0 Å². The molecule has 0 aliphatic carbocycles. The van der Waals surface area contributed by atoms with Crippen molar-refractivity contribution in [1.82, 2.24) is 24.6 Å². The summed E-state index contributed by atoms with van der Waals surface area (Å²) < 4.78 is 2.08. The van der Waals surface area contributed by atoms with E-state index in [1.165, 1.54) is 22.8 Å². The Morgan fingerprint density at radius 3 is 2.73 bits per heavy atom. The van der Waals surface area contributed by atoms with E-state index in [-0.39, 0.29) is 0 Å². The molecule has 1 atom stereocenters. The van der Waals surface area contributed by atoms with Crippen molar-refractivity contribution in [2.45, 2.75) is 32.5 Å². The second-order valence-corrected chi connectivity index (χ2v) is 7.45. The Morgan fingerprint density at radius 1 is 1.12 bits per heavy atom. The third-order valence-electron chi connectivity index (χ3n) is 5.72. The van der Waals surface area contributed by atoms with Crippen LogP contribution in [0.5, 0.6) is 0 Å². The molecule has 1 aliphatic heterocycles. The second-order valence-electron chi connectivity index (χ2n) is 7.45. The lowest BCUT2D eigenvalue weighted by molar-refractivity contribution is 0.216. The molecule has 1 fully saturated rings. The number of benzene rings is 2. The van der Waals surface area contributed by atoms with Gasteiger partial charge in [0.05, 0.1) is 6.54 Å². The highest BCUT2D eigenvalue weighted by Crippen LogP contribution is 2.23. The third kappa shape index (κ3) is 3.37. The minimum atomic E-state index is 0.571. The Bertz CT molecular complexity index is 895. The third-order valence-corrected chi connectivity index (χ3v) is 5.72. The molecule has 0 spiro atoms. The number of rotatable bonds is 5. The molecule has 2 heterocycles. The SMILES string of the molecule is Cc1nnc(CN(C)[C@H]2CCN(Cc3cccc4ccccc34)C2)n1C. The summed E-state index contributed by atoms with van der Waals surface area (Å²) in [6.45, 7) is 6.13. The van der Waals surface area contributed by atoms with Crippen molar-refractivity contribution >= 4 is 10.8 Å². The molecule has 5 nitrogen and oxygen atoms in total. The molecule has 1 aromatic heterocycles. The van der Waals surface area contributed by atoms with Crippen molar-refractivity contribution in [1.29, 1.82) is 0 Å². The Balaban J connectivity index is 1.41. The van der Waals surface area contributed by atoms with Gasteiger partial charge in [0, 0.05) is 32.7 Å². The lowest BCUT2D eigenvalue weighted by Crippen LogP contribution is -2.34. The van der Waals surface area contributed by atoms with Gasteiger partial charge in [-0.25, -0.2) is 0 Å². The Kier molecular flexibility index (Phi) is 4.74. The van der Waals surface area contributed by atoms with Crippen LogP contribution in [0.25, 0.3) is 10.8 Å². The summed E-state index contributed by atoms with van der Waals surface area (Å²) in [6.07, 6.45) is 1.21. The van der Waals surface area contributed by atoms with Crippen LogP contribution in [0.2, 0.25) is 0 Å². The van der Waals surface area contributed by atoms with Crippen LogP contribution < -0.4 is 0 Å². The van der Waals surface area contributed by atoms with E-state index in [2.05, 4.69) is 74.1 Å². The van der Waals surface area contributed by atoms with Gasteiger partial charge in [-0.2, -0.15) is 0 Å². The van der Waals surface area contributed by atoms with Crippen molar-refractivity contribution in [2.75, 3.05) is 20.1 Å². The van der Waals surface area contributed by atoms with Crippen LogP contribution in [-0.4, -0.2) is 50.7 Å². The van der Waals surface area contributed by atoms with Crippen molar-refractivity contribution in [3.8, 4) is 0 Å². The van der Waals surface area contributed by atoms with E-state index >= 15 is 0 Å². The van der Waals surface area contributed by atoms with Crippen LogP contribution in [-0.2, 0) is 20.1 Å². The topological polar surface area (TPSA) is 37.2 Å². The minimum Gasteiger partial charge on any atom is -0.317 e. The lowest BCUT2D eigenvalue weighted by Gasteiger charge is -2.24. The molecular weight excluding hydrogens is 322 g/mol. The highest BCUT2D eigenvalue weighted by Gasteiger charge is 2.26. The number of likely N-dealkylation sites (N-methyl/N-ethyl adjacent to an activating group) is 1. The van der Waals surface area contributed by atoms with Crippen molar-refractivity contribution in [3.05, 3.63) is 59.7 Å². The monoisotopic (exact) mass is 349 g/mol. The number of aryl methyl sites for hydroxylation is 1. The van der Waals surface area contributed by atoms with Gasteiger partial charge in [0.15, 0.2) is 0 Å². The highest BCUT2D eigenvalue weighted by molar-refractivity contribution is 5.85. The molecule has 0 N–H and O–H groups in total. The standard InChI is InChI=1S/C21H27N5/c1-16-22-23-21(25(16)3)15-24(2)19-11-12-26(14-19)13-18-9-6-8-17-7-4-5-10-20(17)18/h4-10,19H,11-15H2,1-3H3/t19-/m0/s1. The van der Waals surface area contributed by atoms with Gasteiger partial charge in [-0.05, 0) is 36.7 Å². The largest absolute Gasteiger partial charge is 0.317 e. The van der Waals surface area contributed by atoms with E-state index in [1.807, 2.05) is 14.0 Å². The molecular formula is C21H27N5. The Morgan fingerprint density at radius 2 is 1.92 bits per heavy atom. The predicted octanol–water partition coefficient (Wildman–Crippen LogP) is 2.98. The molecule has 26 heavy (non-hydrogen) atoms. The molecule has 0 bridgehead atoms. The second kappa shape index (κ2) is 7.17. The first kappa shape index (κ1) is 17.2. The molecule has 136 valence electrons. The van der Waals surface area contributed by atoms with Gasteiger partial charge in [0.2, 0.25) is 0 Å². The molecule has 4 rings (SSSR count). The highest BCUT2D eigenvalue weighted by atomic mass is 15.3. The molecule has 0 unspecified atom stereocenters. The summed E-state index contributed by atoms with van der Waals surface area (Å²) in [6, 6.07) is 15.9. The van der Waals surface area contributed by atoms with Crippen LogP contribution in [0.1, 0.15) is 23.6 Å². The van der Waals surface area contributed by atoms with Gasteiger partial charge in [0.1, 0.15) is 11.6 Å². The minimum absolute atomic E-state index is 0.571. The maximum atomic E-state index is 4.31. The number of likely N-dealkylation sites (tertiary alicyclic amines) is 1. The van der Waals surface area contributed by atoms with Gasteiger partial charge in [-0.1, -0.05) is 42.5 Å². The van der Waals surface area contributed by atoms with Crippen LogP contribution in [0.4, 0.5) is 0 Å². The first-order valence-electron chi connectivity index (χ1n) is 9.36. The molecule has 1 aliphatic rings. The van der Waals surface area contributed by atoms with Gasteiger partial charge in [-0.3, -0.25) is 9.80 Å². The summed E-state index contributed by atoms with van der Waals surface area (Å²) in [5, 5.41) is 11.2. The summed E-state index contributed by atoms with van der Waals surface area (Å²) in [4.78, 5) is 5.00. The summed E-state index contributed by atoms with van der Waals surface area (Å²) in [5.41, 5.74) is 1.43. The van der Waals surface area contributed by atoms with Gasteiger partial charge in [-0.15, -0.1) is 10.2 Å². The molecule has 3 aromatic rings. The summed E-state index contributed by atoms with van der Waals surface area (Å²) in [7, 11) is 4.25. The Labute approximate surface area is 155 Å². The van der Waals surface area contributed by atoms with Crippen molar-refractivity contribution in [2.24, 2.45) is 7.05 Å². The van der Waals surface area contributed by atoms with Crippen LogP contribution in [0, 0.1) is 6.92 Å². The van der Waals surface area contributed by atoms with E-state index in [9.17, 15) is 0 Å². The maximum Gasteiger partial charge on any atom is 0.146 e. The maximum absolute atomic E-state index is 4.31. The molecule has 0 saturated carbocycles. The van der Waals surface area contributed by atoms with E-state index < -0.39 is 0 Å². The van der Waals surface area contributed by atoms with Gasteiger partial charge >= 0.3 is 0 Å². The average Bonchev–Trinajstić information content (AvgIpc) is 3.24. The van der Waals surface area contributed by atoms with Gasteiger partial charge in [0.25, 0.3) is 0 Å². The molecule has 5 heteroatoms.